The average molecular weight is 321 g/mol. The van der Waals surface area contributed by atoms with Crippen LogP contribution < -0.4 is 5.32 Å². The van der Waals surface area contributed by atoms with Crippen LogP contribution in [0.4, 0.5) is 14.5 Å². The van der Waals surface area contributed by atoms with Crippen molar-refractivity contribution in [2.45, 2.75) is 18.6 Å². The number of nitrogens with one attached hydrogen (secondary N) is 1. The number of hydrogen-bond acceptors (Lipinski definition) is 3. The maximum atomic E-state index is 13.5. The SMILES string of the molecule is CCC1CN=C(Nc2c(F)cc(F)cc2Br)S1. The smallest absolute Gasteiger partial charge is 0.161 e. The molecule has 6 heteroatoms. The van der Waals surface area contributed by atoms with E-state index >= 15 is 0 Å². The van der Waals surface area contributed by atoms with Gasteiger partial charge in [-0.15, -0.1) is 0 Å². The van der Waals surface area contributed by atoms with Crippen LogP contribution in [0.1, 0.15) is 13.3 Å². The van der Waals surface area contributed by atoms with E-state index in [0.717, 1.165) is 19.0 Å². The molecule has 1 unspecified atom stereocenters. The van der Waals surface area contributed by atoms with Crippen LogP contribution in [-0.2, 0) is 0 Å². The average Bonchev–Trinajstić information content (AvgIpc) is 2.71. The number of hydrogen-bond donors (Lipinski definition) is 1. The second-order valence-corrected chi connectivity index (χ2v) is 5.81. The first-order chi connectivity index (χ1) is 8.10. The maximum Gasteiger partial charge on any atom is 0.161 e. The van der Waals surface area contributed by atoms with Gasteiger partial charge in [0.1, 0.15) is 5.82 Å². The molecule has 92 valence electrons. The highest BCUT2D eigenvalue weighted by Crippen LogP contribution is 2.30. The lowest BCUT2D eigenvalue weighted by Gasteiger charge is -2.10. The largest absolute Gasteiger partial charge is 0.332 e. The zero-order chi connectivity index (χ0) is 12.4. The Balaban J connectivity index is 2.15. The molecule has 0 aromatic heterocycles. The van der Waals surface area contributed by atoms with Gasteiger partial charge in [-0.25, -0.2) is 8.78 Å². The Kier molecular flexibility index (Phi) is 4.04. The van der Waals surface area contributed by atoms with Crippen molar-refractivity contribution < 1.29 is 8.78 Å². The van der Waals surface area contributed by atoms with Crippen molar-refractivity contribution in [3.05, 3.63) is 28.2 Å². The molecule has 0 spiro atoms. The van der Waals surface area contributed by atoms with E-state index in [2.05, 4.69) is 33.2 Å². The molecule has 2 rings (SSSR count). The van der Waals surface area contributed by atoms with Crippen molar-refractivity contribution in [1.29, 1.82) is 0 Å². The van der Waals surface area contributed by atoms with Gasteiger partial charge in [-0.3, -0.25) is 4.99 Å². The minimum Gasteiger partial charge on any atom is -0.332 e. The molecule has 1 aliphatic rings. The second kappa shape index (κ2) is 5.35. The predicted molar refractivity (Wildman–Crippen MR) is 71.7 cm³/mol. The van der Waals surface area contributed by atoms with Gasteiger partial charge in [0.05, 0.1) is 12.2 Å². The van der Waals surface area contributed by atoms with Gasteiger partial charge >= 0.3 is 0 Å². The highest BCUT2D eigenvalue weighted by Gasteiger charge is 2.20. The van der Waals surface area contributed by atoms with Crippen LogP contribution in [-0.4, -0.2) is 17.0 Å². The highest BCUT2D eigenvalue weighted by molar-refractivity contribution is 9.10. The number of amidine groups is 1. The van der Waals surface area contributed by atoms with E-state index in [-0.39, 0.29) is 5.69 Å². The fourth-order valence-corrected chi connectivity index (χ4v) is 2.92. The molecule has 0 fully saturated rings. The summed E-state index contributed by atoms with van der Waals surface area (Å²) in [6.07, 6.45) is 1.02. The van der Waals surface area contributed by atoms with Crippen LogP contribution in [0.5, 0.6) is 0 Å². The second-order valence-electron chi connectivity index (χ2n) is 3.66. The number of nitrogens with zero attached hydrogens (tertiary/aromatic N) is 1. The lowest BCUT2D eigenvalue weighted by molar-refractivity contribution is 0.585. The highest BCUT2D eigenvalue weighted by atomic mass is 79.9. The Morgan fingerprint density at radius 2 is 2.29 bits per heavy atom. The molecule has 17 heavy (non-hydrogen) atoms. The van der Waals surface area contributed by atoms with E-state index in [0.29, 0.717) is 14.9 Å². The number of aliphatic imine (C=N–C) groups is 1. The Labute approximate surface area is 111 Å². The van der Waals surface area contributed by atoms with Crippen LogP contribution in [0, 0.1) is 11.6 Å². The number of halogens is 3. The molecule has 0 saturated heterocycles. The minimum atomic E-state index is -0.625. The van der Waals surface area contributed by atoms with Crippen molar-refractivity contribution in [3.63, 3.8) is 0 Å². The summed E-state index contributed by atoms with van der Waals surface area (Å²) < 4.78 is 26.8. The standard InChI is InChI=1S/C11H11BrF2N2S/c1-2-7-5-15-11(17-7)16-10-8(12)3-6(13)4-9(10)14/h3-4,7H,2,5H2,1H3,(H,15,16). The summed E-state index contributed by atoms with van der Waals surface area (Å²) in [5, 5.41) is 4.02. The molecule has 1 atom stereocenters. The number of thioether (sulfide) groups is 1. The molecule has 0 radical (unpaired) electrons. The van der Waals surface area contributed by atoms with Gasteiger partial charge in [0.2, 0.25) is 0 Å². The minimum absolute atomic E-state index is 0.231. The summed E-state index contributed by atoms with van der Waals surface area (Å²) in [5.74, 6) is -1.23. The quantitative estimate of drug-likeness (QED) is 0.890. The van der Waals surface area contributed by atoms with Crippen LogP contribution in [0.25, 0.3) is 0 Å². The normalized spacial score (nSPS) is 19.3. The topological polar surface area (TPSA) is 24.4 Å². The fraction of sp³-hybridized carbons (Fsp3) is 0.364. The maximum absolute atomic E-state index is 13.5. The molecule has 0 amide bonds. The first-order valence-electron chi connectivity index (χ1n) is 5.22. The molecule has 2 nitrogen and oxygen atoms in total. The number of rotatable bonds is 2. The summed E-state index contributed by atoms with van der Waals surface area (Å²) in [6, 6.07) is 2.08. The van der Waals surface area contributed by atoms with Gasteiger partial charge in [-0.05, 0) is 28.4 Å². The molecule has 1 aromatic carbocycles. The van der Waals surface area contributed by atoms with Gasteiger partial charge < -0.3 is 5.32 Å². The zero-order valence-corrected chi connectivity index (χ0v) is 11.5. The first-order valence-corrected chi connectivity index (χ1v) is 6.90. The van der Waals surface area contributed by atoms with E-state index in [1.807, 2.05) is 0 Å². The van der Waals surface area contributed by atoms with Crippen molar-refractivity contribution in [3.8, 4) is 0 Å². The monoisotopic (exact) mass is 320 g/mol. The molecule has 1 heterocycles. The third kappa shape index (κ3) is 2.98. The summed E-state index contributed by atoms with van der Waals surface area (Å²) in [5.41, 5.74) is 0.231. The van der Waals surface area contributed by atoms with E-state index in [1.54, 1.807) is 11.8 Å². The molecule has 0 aliphatic carbocycles. The van der Waals surface area contributed by atoms with Gasteiger partial charge in [0, 0.05) is 15.8 Å². The van der Waals surface area contributed by atoms with Crippen molar-refractivity contribution in [1.82, 2.24) is 0 Å². The van der Waals surface area contributed by atoms with E-state index in [4.69, 9.17) is 0 Å². The fourth-order valence-electron chi connectivity index (χ4n) is 1.47. The summed E-state index contributed by atoms with van der Waals surface area (Å²) in [7, 11) is 0. The summed E-state index contributed by atoms with van der Waals surface area (Å²) in [6.45, 7) is 2.83. The van der Waals surface area contributed by atoms with E-state index in [9.17, 15) is 8.78 Å². The molecule has 0 bridgehead atoms. The summed E-state index contributed by atoms with van der Waals surface area (Å²) in [4.78, 5) is 4.28. The van der Waals surface area contributed by atoms with Crippen molar-refractivity contribution >= 4 is 38.5 Å². The molecular formula is C11H11BrF2N2S. The van der Waals surface area contributed by atoms with Crippen molar-refractivity contribution in [2.24, 2.45) is 4.99 Å². The van der Waals surface area contributed by atoms with Gasteiger partial charge in [0.25, 0.3) is 0 Å². The Morgan fingerprint density at radius 3 is 2.88 bits per heavy atom. The molecule has 1 N–H and O–H groups in total. The Morgan fingerprint density at radius 1 is 1.53 bits per heavy atom. The Hall–Kier alpha value is -0.620. The lowest BCUT2D eigenvalue weighted by Crippen LogP contribution is -2.09. The van der Waals surface area contributed by atoms with Crippen molar-refractivity contribution in [2.75, 3.05) is 11.9 Å². The predicted octanol–water partition coefficient (Wildman–Crippen LogP) is 4.02. The summed E-state index contributed by atoms with van der Waals surface area (Å²) >= 11 is 4.72. The van der Waals surface area contributed by atoms with Gasteiger partial charge in [0.15, 0.2) is 11.0 Å². The van der Waals surface area contributed by atoms with Crippen LogP contribution >= 0.6 is 27.7 Å². The number of benzene rings is 1. The van der Waals surface area contributed by atoms with Gasteiger partial charge in [-0.2, -0.15) is 0 Å². The van der Waals surface area contributed by atoms with Crippen LogP contribution in [0.3, 0.4) is 0 Å². The third-order valence-corrected chi connectivity index (χ3v) is 4.31. The number of anilines is 1. The lowest BCUT2D eigenvalue weighted by atomic mass is 10.3. The first kappa shape index (κ1) is 12.8. The van der Waals surface area contributed by atoms with Crippen LogP contribution in [0.15, 0.2) is 21.6 Å². The Bertz CT molecular complexity index is 442. The molecular weight excluding hydrogens is 310 g/mol. The third-order valence-electron chi connectivity index (χ3n) is 2.41. The van der Waals surface area contributed by atoms with Gasteiger partial charge in [-0.1, -0.05) is 18.7 Å². The molecule has 1 aromatic rings. The molecule has 1 aliphatic heterocycles. The zero-order valence-electron chi connectivity index (χ0n) is 9.14. The molecule has 0 saturated carbocycles. The van der Waals surface area contributed by atoms with E-state index < -0.39 is 11.6 Å². The van der Waals surface area contributed by atoms with Crippen LogP contribution in [0.2, 0.25) is 0 Å². The van der Waals surface area contributed by atoms with E-state index in [1.165, 1.54) is 6.07 Å².